The summed E-state index contributed by atoms with van der Waals surface area (Å²) in [6, 6.07) is 7.91. The van der Waals surface area contributed by atoms with Crippen molar-refractivity contribution in [2.24, 2.45) is 0 Å². The molecule has 0 spiro atoms. The van der Waals surface area contributed by atoms with Crippen molar-refractivity contribution in [1.82, 2.24) is 0 Å². The number of rotatable bonds is 1. The number of fused-ring (bicyclic) bond motifs is 2. The van der Waals surface area contributed by atoms with E-state index in [-0.39, 0.29) is 57.5 Å². The molecule has 0 aromatic heterocycles. The fraction of sp³-hybridized carbons (Fsp3) is 0. The van der Waals surface area contributed by atoms with E-state index in [1.165, 1.54) is 30.3 Å². The van der Waals surface area contributed by atoms with E-state index in [4.69, 9.17) is 5.73 Å². The van der Waals surface area contributed by atoms with Crippen LogP contribution in [0.25, 0.3) is 0 Å². The molecule has 106 valence electrons. The summed E-state index contributed by atoms with van der Waals surface area (Å²) in [5, 5.41) is 0. The molecular formula is C14H8NNaO5S. The van der Waals surface area contributed by atoms with Crippen LogP contribution in [0, 0.1) is 0 Å². The summed E-state index contributed by atoms with van der Waals surface area (Å²) < 4.78 is 33.9. The molecule has 2 aromatic rings. The summed E-state index contributed by atoms with van der Waals surface area (Å²) in [7, 11) is -4.87. The Morgan fingerprint density at radius 3 is 1.95 bits per heavy atom. The Hall–Kier alpha value is -1.51. The molecule has 0 saturated carbocycles. The van der Waals surface area contributed by atoms with Crippen LogP contribution < -0.4 is 35.3 Å². The van der Waals surface area contributed by atoms with E-state index in [2.05, 4.69) is 0 Å². The van der Waals surface area contributed by atoms with Crippen molar-refractivity contribution < 1.29 is 52.1 Å². The van der Waals surface area contributed by atoms with Gasteiger partial charge in [0.15, 0.2) is 11.6 Å². The second kappa shape index (κ2) is 5.60. The number of ketones is 2. The molecule has 0 unspecified atom stereocenters. The summed E-state index contributed by atoms with van der Waals surface area (Å²) in [6.07, 6.45) is 0. The molecular weight excluding hydrogens is 317 g/mol. The molecule has 2 aromatic carbocycles. The molecule has 6 nitrogen and oxygen atoms in total. The standard InChI is InChI=1S/C14H9NO5S.Na/c15-9-5-1-3-7-11(9)13(16)8-4-2-6-10(21(18,19)20)12(8)14(7)17;/h1-6H,15H2,(H,18,19,20);/q;+1/p-1. The summed E-state index contributed by atoms with van der Waals surface area (Å²) >= 11 is 0. The first-order chi connectivity index (χ1) is 9.82. The molecule has 0 amide bonds. The van der Waals surface area contributed by atoms with Crippen LogP contribution in [-0.4, -0.2) is 24.5 Å². The fourth-order valence-electron chi connectivity index (χ4n) is 2.45. The summed E-state index contributed by atoms with van der Waals surface area (Å²) in [5.41, 5.74) is 5.39. The number of nitrogen functional groups attached to an aromatic ring is 1. The SMILES string of the molecule is Nc1cccc2c1C(=O)c1cccc(S(=O)(=O)[O-])c1C2=O.[Na+]. The van der Waals surface area contributed by atoms with Crippen molar-refractivity contribution >= 4 is 27.4 Å². The van der Waals surface area contributed by atoms with Crippen molar-refractivity contribution in [2.75, 3.05) is 5.73 Å². The van der Waals surface area contributed by atoms with Gasteiger partial charge < -0.3 is 10.3 Å². The predicted octanol–water partition coefficient (Wildman–Crippen LogP) is -2.05. The van der Waals surface area contributed by atoms with Gasteiger partial charge in [-0.05, 0) is 12.1 Å². The minimum atomic E-state index is -4.87. The molecule has 0 heterocycles. The molecule has 0 radical (unpaired) electrons. The van der Waals surface area contributed by atoms with Crippen molar-refractivity contribution in [1.29, 1.82) is 0 Å². The van der Waals surface area contributed by atoms with E-state index in [9.17, 15) is 22.6 Å². The topological polar surface area (TPSA) is 117 Å². The number of nitrogens with two attached hydrogens (primary N) is 1. The van der Waals surface area contributed by atoms with Gasteiger partial charge >= 0.3 is 29.6 Å². The number of hydrogen-bond donors (Lipinski definition) is 1. The predicted molar refractivity (Wildman–Crippen MR) is 72.1 cm³/mol. The quantitative estimate of drug-likeness (QED) is 0.313. The first-order valence-electron chi connectivity index (χ1n) is 5.89. The first-order valence-corrected chi connectivity index (χ1v) is 7.30. The summed E-state index contributed by atoms with van der Waals surface area (Å²) in [4.78, 5) is 24.2. The van der Waals surface area contributed by atoms with Crippen LogP contribution in [0.4, 0.5) is 5.69 Å². The van der Waals surface area contributed by atoms with Gasteiger partial charge in [-0.25, -0.2) is 8.42 Å². The average Bonchev–Trinajstić information content (AvgIpc) is 2.43. The molecule has 3 rings (SSSR count). The Morgan fingerprint density at radius 1 is 0.864 bits per heavy atom. The first kappa shape index (κ1) is 16.9. The Labute approximate surface area is 148 Å². The Morgan fingerprint density at radius 2 is 1.36 bits per heavy atom. The number of hydrogen-bond acceptors (Lipinski definition) is 6. The molecule has 2 N–H and O–H groups in total. The smallest absolute Gasteiger partial charge is 0.744 e. The molecule has 0 atom stereocenters. The van der Waals surface area contributed by atoms with Gasteiger partial charge in [-0.2, -0.15) is 0 Å². The third-order valence-corrected chi connectivity index (χ3v) is 4.21. The average molecular weight is 325 g/mol. The molecule has 0 aliphatic heterocycles. The van der Waals surface area contributed by atoms with Gasteiger partial charge in [-0.1, -0.05) is 24.3 Å². The van der Waals surface area contributed by atoms with E-state index < -0.39 is 26.6 Å². The maximum absolute atomic E-state index is 12.5. The number of carbonyl (C=O) groups is 2. The van der Waals surface area contributed by atoms with Gasteiger partial charge in [0.25, 0.3) is 0 Å². The van der Waals surface area contributed by atoms with Crippen LogP contribution >= 0.6 is 0 Å². The van der Waals surface area contributed by atoms with E-state index in [0.717, 1.165) is 6.07 Å². The van der Waals surface area contributed by atoms with Crippen LogP contribution in [0.1, 0.15) is 31.8 Å². The number of anilines is 1. The van der Waals surface area contributed by atoms with Gasteiger partial charge in [0.1, 0.15) is 10.1 Å². The molecule has 1 aliphatic rings. The zero-order valence-corrected chi connectivity index (χ0v) is 14.3. The van der Waals surface area contributed by atoms with Gasteiger partial charge in [-0.3, -0.25) is 9.59 Å². The van der Waals surface area contributed by atoms with Gasteiger partial charge in [0.05, 0.1) is 16.0 Å². The third-order valence-electron chi connectivity index (χ3n) is 3.34. The van der Waals surface area contributed by atoms with Crippen molar-refractivity contribution in [3.05, 3.63) is 58.7 Å². The molecule has 22 heavy (non-hydrogen) atoms. The third kappa shape index (κ3) is 2.41. The van der Waals surface area contributed by atoms with Crippen LogP contribution in [0.3, 0.4) is 0 Å². The van der Waals surface area contributed by atoms with E-state index >= 15 is 0 Å². The zero-order chi connectivity index (χ0) is 15.4. The largest absolute Gasteiger partial charge is 1.00 e. The van der Waals surface area contributed by atoms with Crippen LogP contribution in [-0.2, 0) is 10.1 Å². The second-order valence-corrected chi connectivity index (χ2v) is 5.91. The summed E-state index contributed by atoms with van der Waals surface area (Å²) in [5.74, 6) is -1.26. The fourth-order valence-corrected chi connectivity index (χ4v) is 3.14. The normalized spacial score (nSPS) is 13.1. The maximum Gasteiger partial charge on any atom is 1.00 e. The molecule has 1 aliphatic carbocycles. The molecule has 0 saturated heterocycles. The maximum atomic E-state index is 12.5. The second-order valence-electron chi connectivity index (χ2n) is 4.56. The van der Waals surface area contributed by atoms with E-state index in [0.29, 0.717) is 0 Å². The molecule has 0 fully saturated rings. The van der Waals surface area contributed by atoms with Crippen molar-refractivity contribution in [3.8, 4) is 0 Å². The Kier molecular flexibility index (Phi) is 4.29. The van der Waals surface area contributed by atoms with Gasteiger partial charge in [-0.15, -0.1) is 0 Å². The minimum Gasteiger partial charge on any atom is -0.744 e. The Balaban J connectivity index is 0.00000176. The van der Waals surface area contributed by atoms with Crippen LogP contribution in [0.2, 0.25) is 0 Å². The van der Waals surface area contributed by atoms with Crippen LogP contribution in [0.5, 0.6) is 0 Å². The number of carbonyl (C=O) groups excluding carboxylic acids is 2. The van der Waals surface area contributed by atoms with E-state index in [1.807, 2.05) is 0 Å². The molecule has 0 bridgehead atoms. The zero-order valence-electron chi connectivity index (χ0n) is 11.5. The van der Waals surface area contributed by atoms with E-state index in [1.54, 1.807) is 0 Å². The van der Waals surface area contributed by atoms with Crippen molar-refractivity contribution in [2.45, 2.75) is 4.90 Å². The minimum absolute atomic E-state index is 0. The Bertz CT molecular complexity index is 921. The van der Waals surface area contributed by atoms with Crippen LogP contribution in [0.15, 0.2) is 41.3 Å². The van der Waals surface area contributed by atoms with Crippen molar-refractivity contribution in [3.63, 3.8) is 0 Å². The van der Waals surface area contributed by atoms with Gasteiger partial charge in [0, 0.05) is 16.8 Å². The van der Waals surface area contributed by atoms with Gasteiger partial charge in [0.2, 0.25) is 0 Å². The number of benzene rings is 2. The monoisotopic (exact) mass is 325 g/mol. The molecule has 8 heteroatoms. The summed E-state index contributed by atoms with van der Waals surface area (Å²) in [6.45, 7) is 0.